The smallest absolute Gasteiger partial charge is 0.152 e. The van der Waals surface area contributed by atoms with Crippen LogP contribution in [0.1, 0.15) is 0 Å². The fourth-order valence-corrected chi connectivity index (χ4v) is 1.32. The van der Waals surface area contributed by atoms with E-state index in [1.807, 2.05) is 0 Å². The first-order valence-electron chi connectivity index (χ1n) is 4.39. The van der Waals surface area contributed by atoms with Crippen molar-refractivity contribution in [1.29, 1.82) is 0 Å². The van der Waals surface area contributed by atoms with Crippen LogP contribution in [0.3, 0.4) is 0 Å². The van der Waals surface area contributed by atoms with Gasteiger partial charge in [-0.25, -0.2) is 0 Å². The van der Waals surface area contributed by atoms with E-state index in [0.717, 1.165) is 22.1 Å². The summed E-state index contributed by atoms with van der Waals surface area (Å²) in [6, 6.07) is 0. The van der Waals surface area contributed by atoms with Crippen LogP contribution in [0.15, 0.2) is 0 Å². The molecule has 0 aliphatic rings. The summed E-state index contributed by atoms with van der Waals surface area (Å²) in [6.07, 6.45) is -0.204. The van der Waals surface area contributed by atoms with Crippen LogP contribution in [0.5, 0.6) is 0 Å². The third kappa shape index (κ3) is 7.98. The van der Waals surface area contributed by atoms with Gasteiger partial charge < -0.3 is 14.1 Å². The van der Waals surface area contributed by atoms with Gasteiger partial charge in [-0.2, -0.15) is 0 Å². The first-order valence-corrected chi connectivity index (χ1v) is 4.39. The quantitative estimate of drug-likeness (QED) is 0.586. The highest BCUT2D eigenvalue weighted by molar-refractivity contribution is 4.50. The molecule has 0 saturated heterocycles. The molecule has 12 heavy (non-hydrogen) atoms. The van der Waals surface area contributed by atoms with Gasteiger partial charge in [0.15, 0.2) is 6.10 Å². The minimum Gasteiger partial charge on any atom is -0.382 e. The maximum atomic E-state index is 9.69. The molecule has 74 valence electrons. The molecule has 0 amide bonds. The molecule has 3 heteroatoms. The molecule has 0 aromatic heterocycles. The molecule has 0 radical (unpaired) electrons. The highest BCUT2D eigenvalue weighted by Crippen LogP contribution is 1.99. The molecule has 0 rings (SSSR count). The summed E-state index contributed by atoms with van der Waals surface area (Å²) in [6.45, 7) is 1.63. The van der Waals surface area contributed by atoms with Crippen molar-refractivity contribution in [2.45, 2.75) is 6.10 Å². The summed E-state index contributed by atoms with van der Waals surface area (Å²) in [7, 11) is 12.6. The second kappa shape index (κ2) is 3.73. The van der Waals surface area contributed by atoms with Crippen LogP contribution < -0.4 is 0 Å². The Morgan fingerprint density at radius 1 is 0.833 bits per heavy atom. The number of likely N-dealkylation sites (N-methyl/N-ethyl adjacent to an activating group) is 2. The topological polar surface area (TPSA) is 20.2 Å². The van der Waals surface area contributed by atoms with E-state index in [-0.39, 0.29) is 6.10 Å². The van der Waals surface area contributed by atoms with Crippen molar-refractivity contribution in [3.63, 3.8) is 0 Å². The molecular weight excluding hydrogens is 152 g/mol. The van der Waals surface area contributed by atoms with Crippen molar-refractivity contribution in [1.82, 2.24) is 0 Å². The van der Waals surface area contributed by atoms with Gasteiger partial charge >= 0.3 is 0 Å². The van der Waals surface area contributed by atoms with Gasteiger partial charge in [-0.05, 0) is 0 Å². The Bertz CT molecular complexity index is 116. The van der Waals surface area contributed by atoms with E-state index in [4.69, 9.17) is 0 Å². The van der Waals surface area contributed by atoms with Crippen molar-refractivity contribution in [2.75, 3.05) is 55.4 Å². The fourth-order valence-electron chi connectivity index (χ4n) is 1.32. The lowest BCUT2D eigenvalue weighted by molar-refractivity contribution is -0.895. The van der Waals surface area contributed by atoms with Crippen LogP contribution in [0.25, 0.3) is 0 Å². The number of hydrogen-bond acceptors (Lipinski definition) is 1. The lowest BCUT2D eigenvalue weighted by Gasteiger charge is -2.31. The Balaban J connectivity index is 3.83. The summed E-state index contributed by atoms with van der Waals surface area (Å²) < 4.78 is 1.64. The van der Waals surface area contributed by atoms with E-state index in [1.54, 1.807) is 0 Å². The second-order valence-electron chi connectivity index (χ2n) is 5.60. The van der Waals surface area contributed by atoms with Crippen LogP contribution in [0.2, 0.25) is 0 Å². The molecular formula is C9H24N2O+2. The number of quaternary nitrogens is 2. The van der Waals surface area contributed by atoms with Crippen LogP contribution in [0, 0.1) is 0 Å². The molecule has 0 heterocycles. The highest BCUT2D eigenvalue weighted by atomic mass is 16.3. The Hall–Kier alpha value is -0.120. The first-order chi connectivity index (χ1) is 5.10. The summed E-state index contributed by atoms with van der Waals surface area (Å²) in [5.41, 5.74) is 0. The lowest BCUT2D eigenvalue weighted by atomic mass is 10.3. The monoisotopic (exact) mass is 176 g/mol. The van der Waals surface area contributed by atoms with Crippen molar-refractivity contribution in [2.24, 2.45) is 0 Å². The molecule has 0 saturated carbocycles. The Morgan fingerprint density at radius 3 is 1.25 bits per heavy atom. The standard InChI is InChI=1S/C9H24N2O/c1-10(2,3)7-9(12)8-11(4,5)6/h9,12H,7-8H2,1-6H3/q+2. The predicted molar refractivity (Wildman–Crippen MR) is 51.8 cm³/mol. The van der Waals surface area contributed by atoms with Crippen LogP contribution in [-0.4, -0.2) is 75.6 Å². The van der Waals surface area contributed by atoms with Crippen LogP contribution in [0.4, 0.5) is 0 Å². The average molecular weight is 176 g/mol. The SMILES string of the molecule is C[N+](C)(C)CC(O)C[N+](C)(C)C. The predicted octanol–water partition coefficient (Wildman–Crippen LogP) is -0.240. The van der Waals surface area contributed by atoms with E-state index in [9.17, 15) is 5.11 Å². The maximum absolute atomic E-state index is 9.69. The summed E-state index contributed by atoms with van der Waals surface area (Å²) in [5, 5.41) is 9.69. The largest absolute Gasteiger partial charge is 0.382 e. The molecule has 0 aliphatic heterocycles. The minimum atomic E-state index is -0.204. The zero-order valence-electron chi connectivity index (χ0n) is 9.33. The highest BCUT2D eigenvalue weighted by Gasteiger charge is 2.21. The molecule has 0 aromatic carbocycles. The average Bonchev–Trinajstić information content (AvgIpc) is 1.49. The molecule has 0 unspecified atom stereocenters. The Kier molecular flexibility index (Phi) is 3.69. The molecule has 3 nitrogen and oxygen atoms in total. The van der Waals surface area contributed by atoms with Gasteiger partial charge in [0.25, 0.3) is 0 Å². The zero-order valence-corrected chi connectivity index (χ0v) is 9.33. The van der Waals surface area contributed by atoms with Gasteiger partial charge in [-0.15, -0.1) is 0 Å². The summed E-state index contributed by atoms with van der Waals surface area (Å²) in [4.78, 5) is 0. The molecule has 0 fully saturated rings. The van der Waals surface area contributed by atoms with Gasteiger partial charge in [0, 0.05) is 0 Å². The fraction of sp³-hybridized carbons (Fsp3) is 1.00. The van der Waals surface area contributed by atoms with E-state index in [0.29, 0.717) is 0 Å². The van der Waals surface area contributed by atoms with Gasteiger partial charge in [0.1, 0.15) is 13.1 Å². The van der Waals surface area contributed by atoms with Gasteiger partial charge in [-0.3, -0.25) is 0 Å². The number of aliphatic hydroxyl groups is 1. The number of nitrogens with zero attached hydrogens (tertiary/aromatic N) is 2. The Labute approximate surface area is 76.4 Å². The molecule has 0 bridgehead atoms. The summed E-state index contributed by atoms with van der Waals surface area (Å²) in [5.74, 6) is 0. The molecule has 0 aliphatic carbocycles. The van der Waals surface area contributed by atoms with Crippen LogP contribution >= 0.6 is 0 Å². The number of aliphatic hydroxyl groups excluding tert-OH is 1. The van der Waals surface area contributed by atoms with Gasteiger partial charge in [0.05, 0.1) is 42.3 Å². The van der Waals surface area contributed by atoms with Crippen LogP contribution in [-0.2, 0) is 0 Å². The van der Waals surface area contributed by atoms with Crippen molar-refractivity contribution in [3.05, 3.63) is 0 Å². The van der Waals surface area contributed by atoms with E-state index in [2.05, 4.69) is 42.3 Å². The van der Waals surface area contributed by atoms with Gasteiger partial charge in [0.2, 0.25) is 0 Å². The zero-order chi connectivity index (χ0) is 9.99. The van der Waals surface area contributed by atoms with Crippen molar-refractivity contribution >= 4 is 0 Å². The minimum absolute atomic E-state index is 0.204. The van der Waals surface area contributed by atoms with E-state index >= 15 is 0 Å². The van der Waals surface area contributed by atoms with E-state index in [1.165, 1.54) is 0 Å². The van der Waals surface area contributed by atoms with Crippen molar-refractivity contribution < 1.29 is 14.1 Å². The van der Waals surface area contributed by atoms with E-state index < -0.39 is 0 Å². The molecule has 0 aromatic rings. The van der Waals surface area contributed by atoms with Crippen molar-refractivity contribution in [3.8, 4) is 0 Å². The third-order valence-electron chi connectivity index (χ3n) is 1.52. The normalized spacial score (nSPS) is 14.0. The lowest BCUT2D eigenvalue weighted by Crippen LogP contribution is -2.49. The first kappa shape index (κ1) is 11.9. The third-order valence-corrected chi connectivity index (χ3v) is 1.52. The molecule has 0 atom stereocenters. The summed E-state index contributed by atoms with van der Waals surface area (Å²) >= 11 is 0. The molecule has 0 spiro atoms. The number of rotatable bonds is 4. The second-order valence-corrected chi connectivity index (χ2v) is 5.60. The maximum Gasteiger partial charge on any atom is 0.152 e. The molecule has 1 N–H and O–H groups in total. The van der Waals surface area contributed by atoms with Gasteiger partial charge in [-0.1, -0.05) is 0 Å². The Morgan fingerprint density at radius 2 is 1.08 bits per heavy atom. The number of hydrogen-bond donors (Lipinski definition) is 1.